The van der Waals surface area contributed by atoms with Gasteiger partial charge < -0.3 is 9.29 Å². The van der Waals surface area contributed by atoms with E-state index in [1.165, 1.54) is 11.1 Å². The van der Waals surface area contributed by atoms with Crippen LogP contribution in [0.2, 0.25) is 0 Å². The number of hydrogen-bond donors (Lipinski definition) is 1. The van der Waals surface area contributed by atoms with Gasteiger partial charge in [-0.1, -0.05) is 35.3 Å². The van der Waals surface area contributed by atoms with Gasteiger partial charge in [-0.3, -0.25) is 0 Å². The van der Waals surface area contributed by atoms with Crippen LogP contribution in [0.5, 0.6) is 0 Å². The molecule has 1 aromatic rings. The molecule has 0 amide bonds. The standard InChI is InChI=1S/C14H20BrNO2S/c1-3-4-7-19(17)16-14(9-18-10-14)13-6-5-12(15)8-11(13)2/h5-6,8,16H,3-4,7,9-10H2,1-2H3. The fourth-order valence-electron chi connectivity index (χ4n) is 2.28. The lowest BCUT2D eigenvalue weighted by atomic mass is 9.86. The SMILES string of the molecule is CCCC[S+]([O-])NC1(c2ccc(Br)cc2C)COC1. The Kier molecular flexibility index (Phi) is 5.31. The molecule has 3 nitrogen and oxygen atoms in total. The van der Waals surface area contributed by atoms with Crippen molar-refractivity contribution in [3.8, 4) is 0 Å². The first kappa shape index (κ1) is 15.3. The minimum absolute atomic E-state index is 0.274. The number of unbranched alkanes of at least 4 members (excludes halogenated alkanes) is 1. The Morgan fingerprint density at radius 2 is 2.21 bits per heavy atom. The molecule has 19 heavy (non-hydrogen) atoms. The van der Waals surface area contributed by atoms with Gasteiger partial charge in [0, 0.05) is 15.8 Å². The van der Waals surface area contributed by atoms with Gasteiger partial charge in [0.1, 0.15) is 11.3 Å². The molecule has 0 radical (unpaired) electrons. The van der Waals surface area contributed by atoms with Gasteiger partial charge in [-0.2, -0.15) is 0 Å². The summed E-state index contributed by atoms with van der Waals surface area (Å²) >= 11 is 2.48. The molecule has 0 saturated carbocycles. The summed E-state index contributed by atoms with van der Waals surface area (Å²) in [4.78, 5) is 0. The zero-order valence-electron chi connectivity index (χ0n) is 11.4. The lowest BCUT2D eigenvalue weighted by Gasteiger charge is -2.42. The topological polar surface area (TPSA) is 44.3 Å². The summed E-state index contributed by atoms with van der Waals surface area (Å²) in [6, 6.07) is 6.21. The fourth-order valence-corrected chi connectivity index (χ4v) is 4.08. The van der Waals surface area contributed by atoms with E-state index in [9.17, 15) is 4.55 Å². The second-order valence-electron chi connectivity index (χ2n) is 5.04. The van der Waals surface area contributed by atoms with E-state index in [4.69, 9.17) is 4.74 Å². The van der Waals surface area contributed by atoms with Crippen molar-refractivity contribution in [1.29, 1.82) is 0 Å². The van der Waals surface area contributed by atoms with Crippen LogP contribution in [-0.4, -0.2) is 23.5 Å². The van der Waals surface area contributed by atoms with Crippen molar-refractivity contribution in [2.45, 2.75) is 32.2 Å². The first-order valence-corrected chi connectivity index (χ1v) is 8.69. The van der Waals surface area contributed by atoms with Crippen molar-refractivity contribution >= 4 is 27.3 Å². The molecule has 1 atom stereocenters. The van der Waals surface area contributed by atoms with Crippen molar-refractivity contribution in [3.63, 3.8) is 0 Å². The van der Waals surface area contributed by atoms with Gasteiger partial charge >= 0.3 is 0 Å². The molecule has 0 spiro atoms. The second-order valence-corrected chi connectivity index (χ2v) is 7.26. The average molecular weight is 346 g/mol. The van der Waals surface area contributed by atoms with Crippen LogP contribution >= 0.6 is 15.9 Å². The highest BCUT2D eigenvalue weighted by Crippen LogP contribution is 2.33. The normalized spacial score (nSPS) is 18.9. The number of halogens is 1. The molecule has 1 unspecified atom stereocenters. The molecule has 106 valence electrons. The largest absolute Gasteiger partial charge is 0.598 e. The molecule has 1 aliphatic heterocycles. The van der Waals surface area contributed by atoms with E-state index in [1.54, 1.807) is 0 Å². The molecule has 1 aliphatic rings. The van der Waals surface area contributed by atoms with Crippen molar-refractivity contribution in [3.05, 3.63) is 33.8 Å². The summed E-state index contributed by atoms with van der Waals surface area (Å²) in [6.07, 6.45) is 2.05. The number of aryl methyl sites for hydroxylation is 1. The molecule has 1 N–H and O–H groups in total. The minimum Gasteiger partial charge on any atom is -0.598 e. The van der Waals surface area contributed by atoms with Crippen LogP contribution in [0.1, 0.15) is 30.9 Å². The highest BCUT2D eigenvalue weighted by Gasteiger charge is 2.45. The first-order chi connectivity index (χ1) is 9.07. The summed E-state index contributed by atoms with van der Waals surface area (Å²) < 4.78 is 21.8. The molecule has 2 rings (SSSR count). The van der Waals surface area contributed by atoms with Gasteiger partial charge in [-0.25, -0.2) is 0 Å². The molecule has 1 heterocycles. The third-order valence-electron chi connectivity index (χ3n) is 3.39. The van der Waals surface area contributed by atoms with Crippen LogP contribution in [-0.2, 0) is 21.6 Å². The number of nitrogens with one attached hydrogen (secondary N) is 1. The maximum absolute atomic E-state index is 12.1. The summed E-state index contributed by atoms with van der Waals surface area (Å²) in [6.45, 7) is 5.37. The predicted octanol–water partition coefficient (Wildman–Crippen LogP) is 3.04. The lowest BCUT2D eigenvalue weighted by Crippen LogP contribution is -2.59. The highest BCUT2D eigenvalue weighted by atomic mass is 79.9. The number of benzene rings is 1. The maximum Gasteiger partial charge on any atom is 0.135 e. The van der Waals surface area contributed by atoms with Crippen molar-refractivity contribution in [1.82, 2.24) is 4.72 Å². The molecule has 1 aromatic carbocycles. The summed E-state index contributed by atoms with van der Waals surface area (Å²) in [5.41, 5.74) is 2.10. The van der Waals surface area contributed by atoms with Crippen molar-refractivity contribution in [2.24, 2.45) is 0 Å². The van der Waals surface area contributed by atoms with E-state index >= 15 is 0 Å². The van der Waals surface area contributed by atoms with Gasteiger partial charge in [0.25, 0.3) is 0 Å². The molecular weight excluding hydrogens is 326 g/mol. The van der Waals surface area contributed by atoms with Crippen molar-refractivity contribution in [2.75, 3.05) is 19.0 Å². The highest BCUT2D eigenvalue weighted by molar-refractivity contribution is 9.10. The number of rotatable bonds is 6. The van der Waals surface area contributed by atoms with Crippen LogP contribution in [0, 0.1) is 6.92 Å². The van der Waals surface area contributed by atoms with Gasteiger partial charge in [0.2, 0.25) is 0 Å². The predicted molar refractivity (Wildman–Crippen MR) is 82.4 cm³/mol. The van der Waals surface area contributed by atoms with Crippen LogP contribution in [0.4, 0.5) is 0 Å². The number of ether oxygens (including phenoxy) is 1. The second kappa shape index (κ2) is 6.59. The molecule has 0 aromatic heterocycles. The first-order valence-electron chi connectivity index (χ1n) is 6.58. The maximum atomic E-state index is 12.1. The Morgan fingerprint density at radius 1 is 1.47 bits per heavy atom. The average Bonchev–Trinajstić information content (AvgIpc) is 2.32. The molecule has 0 bridgehead atoms. The van der Waals surface area contributed by atoms with Gasteiger partial charge in [-0.05, 0) is 36.6 Å². The molecule has 0 aliphatic carbocycles. The van der Waals surface area contributed by atoms with E-state index in [1.807, 2.05) is 6.07 Å². The van der Waals surface area contributed by atoms with E-state index in [2.05, 4.69) is 46.6 Å². The van der Waals surface area contributed by atoms with E-state index in [-0.39, 0.29) is 5.54 Å². The van der Waals surface area contributed by atoms with Gasteiger partial charge in [-0.15, -0.1) is 4.72 Å². The Hall–Kier alpha value is -0.0700. The Morgan fingerprint density at radius 3 is 2.74 bits per heavy atom. The third kappa shape index (κ3) is 3.52. The summed E-state index contributed by atoms with van der Waals surface area (Å²) in [5.74, 6) is 0.702. The van der Waals surface area contributed by atoms with E-state index in [0.717, 1.165) is 17.3 Å². The smallest absolute Gasteiger partial charge is 0.135 e. The van der Waals surface area contributed by atoms with Gasteiger partial charge in [0.05, 0.1) is 13.2 Å². The Labute approximate surface area is 126 Å². The van der Waals surface area contributed by atoms with E-state index < -0.39 is 11.4 Å². The van der Waals surface area contributed by atoms with Crippen LogP contribution in [0.25, 0.3) is 0 Å². The van der Waals surface area contributed by atoms with Crippen LogP contribution in [0.3, 0.4) is 0 Å². The molecule has 1 saturated heterocycles. The Bertz CT molecular complexity index is 437. The minimum atomic E-state index is -0.994. The zero-order valence-corrected chi connectivity index (χ0v) is 13.8. The fraction of sp³-hybridized carbons (Fsp3) is 0.571. The summed E-state index contributed by atoms with van der Waals surface area (Å²) in [5, 5.41) is 0. The lowest BCUT2D eigenvalue weighted by molar-refractivity contribution is -0.0667. The van der Waals surface area contributed by atoms with Crippen LogP contribution < -0.4 is 4.72 Å². The number of hydrogen-bond acceptors (Lipinski definition) is 3. The molecular formula is C14H20BrNO2S. The van der Waals surface area contributed by atoms with Crippen LogP contribution in [0.15, 0.2) is 22.7 Å². The third-order valence-corrected chi connectivity index (χ3v) is 5.16. The molecule has 5 heteroatoms. The Balaban J connectivity index is 2.13. The summed E-state index contributed by atoms with van der Waals surface area (Å²) in [7, 11) is 0. The molecule has 1 fully saturated rings. The van der Waals surface area contributed by atoms with Crippen molar-refractivity contribution < 1.29 is 9.29 Å². The quantitative estimate of drug-likeness (QED) is 0.806. The van der Waals surface area contributed by atoms with E-state index in [0.29, 0.717) is 19.0 Å². The van der Waals surface area contributed by atoms with Gasteiger partial charge in [0.15, 0.2) is 0 Å². The zero-order chi connectivity index (χ0) is 13.9. The monoisotopic (exact) mass is 345 g/mol.